The van der Waals surface area contributed by atoms with Crippen molar-refractivity contribution < 1.29 is 9.90 Å². The molecule has 1 atom stereocenters. The monoisotopic (exact) mass is 257 g/mol. The number of terminal acetylenes is 1. The number of rotatable bonds is 3. The van der Waals surface area contributed by atoms with Crippen molar-refractivity contribution in [2.24, 2.45) is 0 Å². The molecule has 1 aromatic rings. The van der Waals surface area contributed by atoms with Gasteiger partial charge in [0.05, 0.1) is 6.54 Å². The molecule has 0 heterocycles. The molecular weight excluding hydrogens is 238 g/mol. The summed E-state index contributed by atoms with van der Waals surface area (Å²) in [6.45, 7) is 2.33. The maximum absolute atomic E-state index is 9.51. The van der Waals surface area contributed by atoms with Gasteiger partial charge in [0.2, 0.25) is 0 Å². The number of aryl methyl sites for hydroxylation is 1. The molecule has 0 saturated heterocycles. The molecule has 0 radical (unpaired) electrons. The summed E-state index contributed by atoms with van der Waals surface area (Å²) >= 11 is 0. The van der Waals surface area contributed by atoms with Crippen molar-refractivity contribution in [2.45, 2.75) is 25.8 Å². The molecule has 0 spiro atoms. The van der Waals surface area contributed by atoms with Crippen molar-refractivity contribution in [1.82, 2.24) is 5.32 Å². The van der Waals surface area contributed by atoms with Crippen LogP contribution in [0.25, 0.3) is 0 Å². The molecule has 1 aliphatic rings. The Hall–Kier alpha value is -2.05. The average molecular weight is 257 g/mol. The highest BCUT2D eigenvalue weighted by atomic mass is 16.4. The van der Waals surface area contributed by atoms with Gasteiger partial charge in [-0.1, -0.05) is 36.3 Å². The van der Waals surface area contributed by atoms with E-state index in [1.165, 1.54) is 30.0 Å². The van der Waals surface area contributed by atoms with Crippen LogP contribution in [0.1, 0.15) is 30.5 Å². The van der Waals surface area contributed by atoms with Gasteiger partial charge in [0.25, 0.3) is 0 Å². The van der Waals surface area contributed by atoms with E-state index < -0.39 is 5.97 Å². The van der Waals surface area contributed by atoms with Crippen LogP contribution in [0.4, 0.5) is 0 Å². The molecule has 0 aliphatic heterocycles. The van der Waals surface area contributed by atoms with Crippen LogP contribution in [0.2, 0.25) is 0 Å². The first-order chi connectivity index (χ1) is 9.19. The van der Waals surface area contributed by atoms with Gasteiger partial charge < -0.3 is 5.11 Å². The minimum Gasteiger partial charge on any atom is -0.478 e. The highest BCUT2D eigenvalue weighted by Crippen LogP contribution is 2.30. The van der Waals surface area contributed by atoms with E-state index in [2.05, 4.69) is 35.5 Å². The fourth-order valence-electron chi connectivity index (χ4n) is 2.09. The summed E-state index contributed by atoms with van der Waals surface area (Å²) in [4.78, 5) is 9.51. The van der Waals surface area contributed by atoms with Gasteiger partial charge in [-0.25, -0.2) is 4.79 Å². The van der Waals surface area contributed by atoms with E-state index in [1.54, 1.807) is 6.92 Å². The molecule has 0 fully saturated rings. The average Bonchev–Trinajstić information content (AvgIpc) is 2.80. The van der Waals surface area contributed by atoms with Crippen molar-refractivity contribution in [3.05, 3.63) is 47.5 Å². The van der Waals surface area contributed by atoms with Crippen LogP contribution in [0.5, 0.6) is 0 Å². The first-order valence-corrected chi connectivity index (χ1v) is 6.29. The van der Waals surface area contributed by atoms with Crippen molar-refractivity contribution in [2.75, 3.05) is 6.54 Å². The Morgan fingerprint density at radius 1 is 1.58 bits per heavy atom. The third-order valence-corrected chi connectivity index (χ3v) is 2.89. The maximum atomic E-state index is 9.51. The molecule has 2 N–H and O–H groups in total. The van der Waals surface area contributed by atoms with Crippen LogP contribution in [-0.4, -0.2) is 17.6 Å². The van der Waals surface area contributed by atoms with E-state index in [9.17, 15) is 4.79 Å². The van der Waals surface area contributed by atoms with Gasteiger partial charge in [0.1, 0.15) is 0 Å². The molecule has 2 rings (SSSR count). The predicted octanol–water partition coefficient (Wildman–Crippen LogP) is 2.54. The Morgan fingerprint density at radius 2 is 2.32 bits per heavy atom. The summed E-state index contributed by atoms with van der Waals surface area (Å²) in [6, 6.07) is 9.06. The molecule has 0 aromatic heterocycles. The van der Waals surface area contributed by atoms with Gasteiger partial charge in [0.15, 0.2) is 0 Å². The molecule has 3 heteroatoms. The zero-order chi connectivity index (χ0) is 14.1. The van der Waals surface area contributed by atoms with E-state index in [0.29, 0.717) is 12.6 Å². The van der Waals surface area contributed by atoms with Crippen LogP contribution in [0.3, 0.4) is 0 Å². The van der Waals surface area contributed by atoms with E-state index in [4.69, 9.17) is 11.5 Å². The number of fused-ring (bicyclic) bond motifs is 1. The molecule has 3 nitrogen and oxygen atoms in total. The number of allylic oxidation sites excluding steroid dienone is 1. The Labute approximate surface area is 114 Å². The van der Waals surface area contributed by atoms with Crippen molar-refractivity contribution in [3.63, 3.8) is 0 Å². The summed E-state index contributed by atoms with van der Waals surface area (Å²) in [6.07, 6.45) is 10.1. The number of hydrogen-bond donors (Lipinski definition) is 2. The molecule has 0 amide bonds. The van der Waals surface area contributed by atoms with Gasteiger partial charge >= 0.3 is 5.97 Å². The highest BCUT2D eigenvalue weighted by molar-refractivity contribution is 5.79. The van der Waals surface area contributed by atoms with Crippen molar-refractivity contribution in [3.8, 4) is 12.3 Å². The largest absolute Gasteiger partial charge is 0.478 e. The lowest BCUT2D eigenvalue weighted by molar-refractivity contribution is -0.131. The lowest BCUT2D eigenvalue weighted by atomic mass is 10.1. The number of aliphatic carboxylic acids is 1. The SMILES string of the molecule is C#CCN[C@@H]1CCc2ccccc21.C/C=C/C(=O)O. The Morgan fingerprint density at radius 3 is 2.89 bits per heavy atom. The number of carboxylic acids is 1. The molecule has 19 heavy (non-hydrogen) atoms. The van der Waals surface area contributed by atoms with Crippen LogP contribution in [-0.2, 0) is 11.2 Å². The summed E-state index contributed by atoms with van der Waals surface area (Å²) in [5.41, 5.74) is 2.90. The molecule has 1 aromatic carbocycles. The molecular formula is C16H19NO2. The smallest absolute Gasteiger partial charge is 0.327 e. The third kappa shape index (κ3) is 4.99. The lowest BCUT2D eigenvalue weighted by Crippen LogP contribution is -2.19. The Kier molecular flexibility index (Phi) is 6.42. The standard InChI is InChI=1S/C12H13N.C4H6O2/c1-2-9-13-12-8-7-10-5-3-4-6-11(10)12;1-2-3-4(5)6/h1,3-6,12-13H,7-9H2;2-3H,1H3,(H,5,6)/b;3-2+/t12-;/m1./s1. The Bertz CT molecular complexity index is 486. The van der Waals surface area contributed by atoms with Crippen molar-refractivity contribution >= 4 is 5.97 Å². The lowest BCUT2D eigenvalue weighted by Gasteiger charge is -2.10. The second kappa shape index (κ2) is 8.12. The Balaban J connectivity index is 0.000000258. The molecule has 0 bridgehead atoms. The maximum Gasteiger partial charge on any atom is 0.327 e. The number of nitrogens with one attached hydrogen (secondary N) is 1. The minimum atomic E-state index is -0.891. The van der Waals surface area contributed by atoms with Gasteiger partial charge in [-0.2, -0.15) is 0 Å². The summed E-state index contributed by atoms with van der Waals surface area (Å²) in [7, 11) is 0. The van der Waals surface area contributed by atoms with Gasteiger partial charge in [-0.3, -0.25) is 5.32 Å². The van der Waals surface area contributed by atoms with Gasteiger partial charge in [-0.15, -0.1) is 6.42 Å². The van der Waals surface area contributed by atoms with Gasteiger partial charge in [-0.05, 0) is 30.9 Å². The molecule has 1 aliphatic carbocycles. The van der Waals surface area contributed by atoms with Crippen molar-refractivity contribution in [1.29, 1.82) is 0 Å². The fraction of sp³-hybridized carbons (Fsp3) is 0.312. The summed E-state index contributed by atoms with van der Waals surface area (Å²) in [5.74, 6) is 1.72. The second-order valence-corrected chi connectivity index (χ2v) is 4.21. The molecule has 0 unspecified atom stereocenters. The highest BCUT2D eigenvalue weighted by Gasteiger charge is 2.20. The van der Waals surface area contributed by atoms with Crippen LogP contribution in [0, 0.1) is 12.3 Å². The molecule has 0 saturated carbocycles. The topological polar surface area (TPSA) is 49.3 Å². The molecule has 100 valence electrons. The first kappa shape index (κ1) is 15.0. The third-order valence-electron chi connectivity index (χ3n) is 2.89. The second-order valence-electron chi connectivity index (χ2n) is 4.21. The minimum absolute atomic E-state index is 0.479. The summed E-state index contributed by atoms with van der Waals surface area (Å²) < 4.78 is 0. The first-order valence-electron chi connectivity index (χ1n) is 6.29. The van der Waals surface area contributed by atoms with Gasteiger partial charge in [0, 0.05) is 12.1 Å². The van der Waals surface area contributed by atoms with E-state index in [0.717, 1.165) is 6.08 Å². The number of carbonyl (C=O) groups is 1. The van der Waals surface area contributed by atoms with Crippen LogP contribution in [0.15, 0.2) is 36.4 Å². The predicted molar refractivity (Wildman–Crippen MR) is 76.8 cm³/mol. The zero-order valence-corrected chi connectivity index (χ0v) is 11.1. The number of carboxylic acid groups (broad SMARTS) is 1. The normalized spacial score (nSPS) is 16.3. The quantitative estimate of drug-likeness (QED) is 0.646. The number of hydrogen-bond acceptors (Lipinski definition) is 2. The van der Waals surface area contributed by atoms with E-state index >= 15 is 0 Å². The van der Waals surface area contributed by atoms with E-state index in [1.807, 2.05) is 0 Å². The van der Waals surface area contributed by atoms with Crippen LogP contribution < -0.4 is 5.32 Å². The zero-order valence-electron chi connectivity index (χ0n) is 11.1. The number of benzene rings is 1. The van der Waals surface area contributed by atoms with E-state index in [-0.39, 0.29) is 0 Å². The summed E-state index contributed by atoms with van der Waals surface area (Å²) in [5, 5.41) is 11.2. The fourth-order valence-corrected chi connectivity index (χ4v) is 2.09. The van der Waals surface area contributed by atoms with Crippen LogP contribution >= 0.6 is 0 Å².